The van der Waals surface area contributed by atoms with Crippen LogP contribution in [0.3, 0.4) is 0 Å². The molecular weight excluding hydrogens is 199 g/mol. The van der Waals surface area contributed by atoms with Gasteiger partial charge < -0.3 is 4.39 Å². The van der Waals surface area contributed by atoms with Crippen molar-refractivity contribution in [2.24, 2.45) is 0 Å². The fraction of sp³-hybridized carbons (Fsp3) is 0.857. The van der Waals surface area contributed by atoms with Gasteiger partial charge in [-0.25, -0.2) is 0 Å². The van der Waals surface area contributed by atoms with Crippen LogP contribution in [0.15, 0.2) is 0 Å². The molecule has 0 aliphatic carbocycles. The van der Waals surface area contributed by atoms with Crippen molar-refractivity contribution < 1.29 is 68.9 Å². The number of halogens is 4. The minimum absolute atomic E-state index is 0. The summed E-state index contributed by atoms with van der Waals surface area (Å²) < 4.78 is 45.8. The first-order valence-electron chi connectivity index (χ1n) is 3.55. The van der Waals surface area contributed by atoms with Crippen molar-refractivity contribution in [2.45, 2.75) is 38.3 Å². The molecule has 0 N–H and O–H groups in total. The molecule has 0 aromatic rings. The van der Waals surface area contributed by atoms with E-state index in [0.717, 1.165) is 0 Å². The Labute approximate surface area is 113 Å². The Balaban J connectivity index is 0. The summed E-state index contributed by atoms with van der Waals surface area (Å²) in [7, 11) is 0. The van der Waals surface area contributed by atoms with Crippen LogP contribution in [0.5, 0.6) is 0 Å². The molecule has 0 unspecified atom stereocenters. The van der Waals surface area contributed by atoms with Crippen LogP contribution in [0.2, 0.25) is 0 Å². The summed E-state index contributed by atoms with van der Waals surface area (Å²) in [5.74, 6) is 0. The number of hydrogen-bond donors (Lipinski definition) is 0. The van der Waals surface area contributed by atoms with Gasteiger partial charge in [0.1, 0.15) is 0 Å². The number of unbranched alkanes of at least 4 members (excludes halogenated alkanes) is 3. The molecule has 0 nitrogen and oxygen atoms in total. The van der Waals surface area contributed by atoms with E-state index in [0.29, 0.717) is 19.5 Å². The van der Waals surface area contributed by atoms with E-state index in [2.05, 4.69) is 0 Å². The van der Waals surface area contributed by atoms with Gasteiger partial charge in [0.2, 0.25) is 0 Å². The normalized spacial score (nSPS) is 11.0. The molecule has 0 radical (unpaired) electrons. The van der Waals surface area contributed by atoms with E-state index in [1.165, 1.54) is 0 Å². The Kier molecular flexibility index (Phi) is 11.8. The van der Waals surface area contributed by atoms with Crippen LogP contribution >= 0.6 is 0 Å². The Hall–Kier alpha value is 1.36. The van der Waals surface area contributed by atoms with Gasteiger partial charge in [0.05, 0.1) is 0 Å². The van der Waals surface area contributed by atoms with E-state index >= 15 is 0 Å². The second-order valence-corrected chi connectivity index (χ2v) is 2.37. The largest absolute Gasteiger partial charge is 1.00 e. The summed E-state index contributed by atoms with van der Waals surface area (Å²) in [5, 5.41) is 0. The zero-order valence-electron chi connectivity index (χ0n) is 7.12. The molecule has 0 amide bonds. The molecule has 5 heteroatoms. The molecule has 0 fully saturated rings. The minimum Gasteiger partial charge on any atom is -0.459 e. The molecule has 0 aromatic carbocycles. The van der Waals surface area contributed by atoms with Crippen LogP contribution in [0.1, 0.15) is 32.1 Å². The average molecular weight is 210 g/mol. The van der Waals surface area contributed by atoms with Gasteiger partial charge in [0.25, 0.3) is 0 Å². The molecule has 0 aromatic heterocycles. The second-order valence-electron chi connectivity index (χ2n) is 2.37. The van der Waals surface area contributed by atoms with Gasteiger partial charge in [0.15, 0.2) is 0 Å². The maximum Gasteiger partial charge on any atom is 1.00 e. The van der Waals surface area contributed by atoms with Crippen LogP contribution in [0, 0.1) is 6.67 Å². The van der Waals surface area contributed by atoms with Crippen LogP contribution in [0.4, 0.5) is 17.6 Å². The minimum atomic E-state index is -4.06. The molecule has 0 bridgehead atoms. The number of alkyl halides is 3. The first-order valence-corrected chi connectivity index (χ1v) is 3.55. The third kappa shape index (κ3) is 13.9. The fourth-order valence-electron chi connectivity index (χ4n) is 0.724. The van der Waals surface area contributed by atoms with Gasteiger partial charge in [-0.05, 0) is 6.42 Å². The average Bonchev–Trinajstić information content (AvgIpc) is 1.85. The van der Waals surface area contributed by atoms with Crippen molar-refractivity contribution in [3.63, 3.8) is 0 Å². The van der Waals surface area contributed by atoms with Crippen molar-refractivity contribution in [1.82, 2.24) is 0 Å². The Bertz CT molecular complexity index is 91.9. The predicted octanol–water partition coefficient (Wildman–Crippen LogP) is 0.634. The Morgan fingerprint density at radius 1 is 1.00 bits per heavy atom. The van der Waals surface area contributed by atoms with Crippen molar-refractivity contribution in [3.8, 4) is 0 Å². The molecule has 0 aliphatic heterocycles. The number of hydrogen-bond acceptors (Lipinski definition) is 0. The Morgan fingerprint density at radius 2 is 1.58 bits per heavy atom. The fourth-order valence-corrected chi connectivity index (χ4v) is 0.724. The van der Waals surface area contributed by atoms with E-state index in [4.69, 9.17) is 0 Å². The summed E-state index contributed by atoms with van der Waals surface area (Å²) in [6.07, 6.45) is -3.49. The van der Waals surface area contributed by atoms with Gasteiger partial charge in [-0.2, -0.15) is 26.3 Å². The smallest absolute Gasteiger partial charge is 0.459 e. The van der Waals surface area contributed by atoms with E-state index in [-0.39, 0.29) is 64.2 Å². The summed E-state index contributed by atoms with van der Waals surface area (Å²) in [6.45, 7) is 0.480. The molecule has 0 saturated heterocycles. The Morgan fingerprint density at radius 3 is 2.00 bits per heavy atom. The standard InChI is InChI=1S/C7H11F4.K/c8-6-4-2-1-3-5-7(9,10)11;/h6H,1-5H2;/q-1;+1. The van der Waals surface area contributed by atoms with Gasteiger partial charge in [-0.3, -0.25) is 0 Å². The molecule has 0 atom stereocenters. The van der Waals surface area contributed by atoms with Gasteiger partial charge >= 0.3 is 57.6 Å². The maximum absolute atomic E-state index is 11.5. The zero-order chi connectivity index (χ0) is 8.74. The molecule has 0 rings (SSSR count). The number of rotatable bonds is 5. The summed E-state index contributed by atoms with van der Waals surface area (Å²) >= 11 is 0. The molecule has 0 aliphatic rings. The topological polar surface area (TPSA) is 0 Å². The third-order valence-corrected chi connectivity index (χ3v) is 1.27. The van der Waals surface area contributed by atoms with Gasteiger partial charge in [0, 0.05) is 6.42 Å². The van der Waals surface area contributed by atoms with Crippen LogP contribution in [0.25, 0.3) is 0 Å². The van der Waals surface area contributed by atoms with Gasteiger partial charge in [-0.15, -0.1) is 0 Å². The van der Waals surface area contributed by atoms with Gasteiger partial charge in [-0.1, -0.05) is 12.8 Å². The van der Waals surface area contributed by atoms with E-state index < -0.39 is 12.6 Å². The van der Waals surface area contributed by atoms with E-state index in [1.807, 2.05) is 0 Å². The molecule has 0 saturated carbocycles. The summed E-state index contributed by atoms with van der Waals surface area (Å²) in [5.41, 5.74) is 0. The van der Waals surface area contributed by atoms with Crippen molar-refractivity contribution >= 4 is 0 Å². The monoisotopic (exact) mass is 210 g/mol. The van der Waals surface area contributed by atoms with E-state index in [9.17, 15) is 17.6 Å². The molecule has 12 heavy (non-hydrogen) atoms. The quantitative estimate of drug-likeness (QED) is 0.270. The van der Waals surface area contributed by atoms with Crippen molar-refractivity contribution in [1.29, 1.82) is 0 Å². The van der Waals surface area contributed by atoms with Crippen LogP contribution < -0.4 is 51.4 Å². The summed E-state index contributed by atoms with van der Waals surface area (Å²) in [4.78, 5) is 0. The SMILES string of the molecule is F[CH-]CCCCCC(F)(F)F.[K+]. The molecule has 0 heterocycles. The predicted molar refractivity (Wildman–Crippen MR) is 34.5 cm³/mol. The second kappa shape index (κ2) is 8.93. The van der Waals surface area contributed by atoms with Crippen molar-refractivity contribution in [3.05, 3.63) is 6.67 Å². The third-order valence-electron chi connectivity index (χ3n) is 1.27. The zero-order valence-corrected chi connectivity index (χ0v) is 10.2. The first-order chi connectivity index (χ1) is 5.06. The molecular formula is C7H11F4K. The molecule has 68 valence electrons. The maximum atomic E-state index is 11.5. The first kappa shape index (κ1) is 15.8. The van der Waals surface area contributed by atoms with Crippen molar-refractivity contribution in [2.75, 3.05) is 0 Å². The van der Waals surface area contributed by atoms with E-state index in [1.54, 1.807) is 0 Å². The van der Waals surface area contributed by atoms with Crippen LogP contribution in [-0.2, 0) is 0 Å². The summed E-state index contributed by atoms with van der Waals surface area (Å²) in [6, 6.07) is 0. The molecule has 0 spiro atoms. The van der Waals surface area contributed by atoms with Crippen LogP contribution in [-0.4, -0.2) is 6.18 Å².